The summed E-state index contributed by atoms with van der Waals surface area (Å²) in [6.07, 6.45) is 0.287. The van der Waals surface area contributed by atoms with Crippen molar-refractivity contribution in [2.75, 3.05) is 13.2 Å². The predicted molar refractivity (Wildman–Crippen MR) is 36.7 cm³/mol. The Labute approximate surface area is 60.7 Å². The second-order valence-electron chi connectivity index (χ2n) is 3.38. The van der Waals surface area contributed by atoms with Gasteiger partial charge in [-0.25, -0.2) is 0 Å². The second kappa shape index (κ2) is 1.94. The molecule has 10 heavy (non-hydrogen) atoms. The zero-order chi connectivity index (χ0) is 7.19. The maximum absolute atomic E-state index is 5.59. The first-order valence-corrected chi connectivity index (χ1v) is 3.72. The Morgan fingerprint density at radius 1 is 1.50 bits per heavy atom. The molecule has 0 aromatic rings. The standard InChI is InChI=1S/C7H13NO2/c1-7(2)9-4-6(10-7)5-3-8-5/h5-6,8H,3-4H2,1-2H3/t5-,6+/m0/s1. The number of rotatable bonds is 1. The SMILES string of the molecule is CC1(C)OC[C@H]([C@@H]2CN2)O1. The van der Waals surface area contributed by atoms with Crippen molar-refractivity contribution in [1.82, 2.24) is 5.32 Å². The highest BCUT2D eigenvalue weighted by atomic mass is 16.7. The van der Waals surface area contributed by atoms with Crippen molar-refractivity contribution in [3.8, 4) is 0 Å². The predicted octanol–water partition coefficient (Wildman–Crippen LogP) is 0.110. The van der Waals surface area contributed by atoms with Gasteiger partial charge in [0.15, 0.2) is 5.79 Å². The van der Waals surface area contributed by atoms with Crippen LogP contribution in [0.15, 0.2) is 0 Å². The lowest BCUT2D eigenvalue weighted by Crippen LogP contribution is -2.25. The van der Waals surface area contributed by atoms with Crippen LogP contribution in [-0.4, -0.2) is 31.1 Å². The zero-order valence-corrected chi connectivity index (χ0v) is 6.39. The van der Waals surface area contributed by atoms with Crippen molar-refractivity contribution in [2.45, 2.75) is 31.8 Å². The van der Waals surface area contributed by atoms with E-state index in [2.05, 4.69) is 5.32 Å². The second-order valence-corrected chi connectivity index (χ2v) is 3.38. The van der Waals surface area contributed by atoms with Crippen molar-refractivity contribution in [2.24, 2.45) is 0 Å². The molecule has 0 unspecified atom stereocenters. The van der Waals surface area contributed by atoms with Crippen LogP contribution in [-0.2, 0) is 9.47 Å². The van der Waals surface area contributed by atoms with Crippen LogP contribution >= 0.6 is 0 Å². The van der Waals surface area contributed by atoms with Crippen LogP contribution in [0.4, 0.5) is 0 Å². The molecule has 3 nitrogen and oxygen atoms in total. The summed E-state index contributed by atoms with van der Waals surface area (Å²) >= 11 is 0. The molecule has 1 N–H and O–H groups in total. The molecule has 3 heteroatoms. The summed E-state index contributed by atoms with van der Waals surface area (Å²) in [5.41, 5.74) is 0. The Balaban J connectivity index is 1.92. The topological polar surface area (TPSA) is 40.4 Å². The summed E-state index contributed by atoms with van der Waals surface area (Å²) in [6.45, 7) is 5.74. The Kier molecular flexibility index (Phi) is 1.27. The molecule has 2 heterocycles. The molecule has 58 valence electrons. The van der Waals surface area contributed by atoms with Gasteiger partial charge < -0.3 is 14.8 Å². The van der Waals surface area contributed by atoms with E-state index in [9.17, 15) is 0 Å². The Bertz CT molecular complexity index is 143. The van der Waals surface area contributed by atoms with E-state index in [1.807, 2.05) is 13.8 Å². The van der Waals surface area contributed by atoms with Crippen LogP contribution in [0, 0.1) is 0 Å². The first-order valence-electron chi connectivity index (χ1n) is 3.72. The molecule has 2 aliphatic heterocycles. The summed E-state index contributed by atoms with van der Waals surface area (Å²) < 4.78 is 11.0. The van der Waals surface area contributed by atoms with Crippen LogP contribution < -0.4 is 5.32 Å². The summed E-state index contributed by atoms with van der Waals surface area (Å²) in [7, 11) is 0. The highest BCUT2D eigenvalue weighted by molar-refractivity contribution is 4.94. The summed E-state index contributed by atoms with van der Waals surface area (Å²) in [5, 5.41) is 3.21. The molecule has 0 saturated carbocycles. The van der Waals surface area contributed by atoms with Gasteiger partial charge in [-0.15, -0.1) is 0 Å². The lowest BCUT2D eigenvalue weighted by molar-refractivity contribution is -0.138. The average molecular weight is 143 g/mol. The van der Waals surface area contributed by atoms with E-state index in [0.717, 1.165) is 13.2 Å². The lowest BCUT2D eigenvalue weighted by Gasteiger charge is -2.16. The first-order chi connectivity index (χ1) is 4.67. The fourth-order valence-electron chi connectivity index (χ4n) is 1.24. The molecule has 0 amide bonds. The van der Waals surface area contributed by atoms with Gasteiger partial charge in [0.05, 0.1) is 6.61 Å². The highest BCUT2D eigenvalue weighted by Crippen LogP contribution is 2.26. The van der Waals surface area contributed by atoms with Gasteiger partial charge in [0, 0.05) is 12.6 Å². The van der Waals surface area contributed by atoms with Gasteiger partial charge in [-0.3, -0.25) is 0 Å². The lowest BCUT2D eigenvalue weighted by atomic mass is 10.3. The van der Waals surface area contributed by atoms with Gasteiger partial charge in [0.2, 0.25) is 0 Å². The van der Waals surface area contributed by atoms with Crippen molar-refractivity contribution < 1.29 is 9.47 Å². The van der Waals surface area contributed by atoms with Crippen LogP contribution in [0.2, 0.25) is 0 Å². The molecule has 2 rings (SSSR count). The summed E-state index contributed by atoms with van der Waals surface area (Å²) in [4.78, 5) is 0. The molecule has 0 aromatic carbocycles. The monoisotopic (exact) mass is 143 g/mol. The molecule has 2 aliphatic rings. The maximum Gasteiger partial charge on any atom is 0.163 e. The fraction of sp³-hybridized carbons (Fsp3) is 1.00. The largest absolute Gasteiger partial charge is 0.348 e. The van der Waals surface area contributed by atoms with E-state index in [4.69, 9.17) is 9.47 Å². The third-order valence-electron chi connectivity index (χ3n) is 1.92. The minimum atomic E-state index is -0.352. The number of ether oxygens (including phenoxy) is 2. The fourth-order valence-corrected chi connectivity index (χ4v) is 1.24. The van der Waals surface area contributed by atoms with E-state index >= 15 is 0 Å². The minimum absolute atomic E-state index is 0.287. The third-order valence-corrected chi connectivity index (χ3v) is 1.92. The molecule has 0 bridgehead atoms. The van der Waals surface area contributed by atoms with Gasteiger partial charge in [-0.05, 0) is 13.8 Å². The smallest absolute Gasteiger partial charge is 0.163 e. The van der Waals surface area contributed by atoms with Crippen LogP contribution in [0.3, 0.4) is 0 Å². The summed E-state index contributed by atoms with van der Waals surface area (Å²) in [5.74, 6) is -0.352. The van der Waals surface area contributed by atoms with E-state index in [1.165, 1.54) is 0 Å². The van der Waals surface area contributed by atoms with Gasteiger partial charge in [0.1, 0.15) is 6.10 Å². The van der Waals surface area contributed by atoms with Gasteiger partial charge >= 0.3 is 0 Å². The van der Waals surface area contributed by atoms with Crippen LogP contribution in [0.25, 0.3) is 0 Å². The number of nitrogens with one attached hydrogen (secondary N) is 1. The van der Waals surface area contributed by atoms with Crippen molar-refractivity contribution >= 4 is 0 Å². The van der Waals surface area contributed by atoms with E-state index in [-0.39, 0.29) is 11.9 Å². The first kappa shape index (κ1) is 6.58. The number of hydrogen-bond acceptors (Lipinski definition) is 3. The minimum Gasteiger partial charge on any atom is -0.348 e. The highest BCUT2D eigenvalue weighted by Gasteiger charge is 2.41. The molecular weight excluding hydrogens is 130 g/mol. The third kappa shape index (κ3) is 1.17. The van der Waals surface area contributed by atoms with Gasteiger partial charge in [0.25, 0.3) is 0 Å². The van der Waals surface area contributed by atoms with E-state index in [0.29, 0.717) is 6.04 Å². The Hall–Kier alpha value is -0.120. The van der Waals surface area contributed by atoms with Gasteiger partial charge in [-0.2, -0.15) is 0 Å². The van der Waals surface area contributed by atoms with Crippen molar-refractivity contribution in [3.05, 3.63) is 0 Å². The van der Waals surface area contributed by atoms with Crippen molar-refractivity contribution in [3.63, 3.8) is 0 Å². The average Bonchev–Trinajstić information content (AvgIpc) is 2.59. The molecule has 2 fully saturated rings. The van der Waals surface area contributed by atoms with Crippen molar-refractivity contribution in [1.29, 1.82) is 0 Å². The maximum atomic E-state index is 5.59. The normalized spacial score (nSPS) is 43.8. The Morgan fingerprint density at radius 2 is 2.20 bits per heavy atom. The van der Waals surface area contributed by atoms with Crippen LogP contribution in [0.5, 0.6) is 0 Å². The summed E-state index contributed by atoms with van der Waals surface area (Å²) in [6, 6.07) is 0.557. The number of hydrogen-bond donors (Lipinski definition) is 1. The molecule has 2 atom stereocenters. The molecule has 0 aliphatic carbocycles. The van der Waals surface area contributed by atoms with Gasteiger partial charge in [-0.1, -0.05) is 0 Å². The van der Waals surface area contributed by atoms with Crippen LogP contribution in [0.1, 0.15) is 13.8 Å². The molecule has 0 aromatic heterocycles. The molecule has 2 saturated heterocycles. The zero-order valence-electron chi connectivity index (χ0n) is 6.39. The molecule has 0 spiro atoms. The molecule has 0 radical (unpaired) electrons. The molecular formula is C7H13NO2. The quantitative estimate of drug-likeness (QED) is 0.530. The van der Waals surface area contributed by atoms with E-state index in [1.54, 1.807) is 0 Å². The van der Waals surface area contributed by atoms with E-state index < -0.39 is 0 Å². The Morgan fingerprint density at radius 3 is 2.60 bits per heavy atom.